The Bertz CT molecular complexity index is 4270. The van der Waals surface area contributed by atoms with Gasteiger partial charge in [-0.15, -0.1) is 29.1 Å². The maximum atomic E-state index is 9.51. The van der Waals surface area contributed by atoms with Gasteiger partial charge in [-0.1, -0.05) is 160 Å². The molecule has 10 bridgehead atoms. The number of benzene rings is 8. The van der Waals surface area contributed by atoms with Crippen LogP contribution in [0.25, 0.3) is 105 Å². The van der Waals surface area contributed by atoms with E-state index in [1.54, 1.807) is 10.5 Å². The molecule has 0 atom stereocenters. The first-order chi connectivity index (χ1) is 33.4. The molecule has 8 aromatic carbocycles. The van der Waals surface area contributed by atoms with Gasteiger partial charge in [-0.2, -0.15) is 24.2 Å². The summed E-state index contributed by atoms with van der Waals surface area (Å²) < 4.78 is 67.4. The molecule has 64 heavy (non-hydrogen) atoms. The van der Waals surface area contributed by atoms with Crippen molar-refractivity contribution in [2.24, 2.45) is 0 Å². The summed E-state index contributed by atoms with van der Waals surface area (Å²) in [5.74, 6) is 0. The summed E-state index contributed by atoms with van der Waals surface area (Å²) >= 11 is 0. The molecule has 0 radical (unpaired) electrons. The number of aromatic nitrogens is 4. The molecule has 5 nitrogen and oxygen atoms in total. The van der Waals surface area contributed by atoms with Crippen LogP contribution in [0.15, 0.2) is 199 Å². The molecule has 0 saturated carbocycles. The minimum Gasteiger partial charge on any atom is -0.510 e. The molecular formula is C58H41N4OPt-3. The van der Waals surface area contributed by atoms with Crippen LogP contribution in [0.2, 0.25) is 0 Å². The Balaban J connectivity index is 0.00000533. The van der Waals surface area contributed by atoms with Crippen LogP contribution in [0, 0.1) is 12.1 Å². The van der Waals surface area contributed by atoms with E-state index in [0.29, 0.717) is 16.7 Å². The fraction of sp³-hybridized carbons (Fsp3) is 0.0690. The van der Waals surface area contributed by atoms with Crippen molar-refractivity contribution >= 4 is 82.1 Å². The maximum Gasteiger partial charge on any atom is 0.136 e. The van der Waals surface area contributed by atoms with Gasteiger partial charge in [-0.25, -0.2) is 4.98 Å². The van der Waals surface area contributed by atoms with Crippen LogP contribution in [-0.2, 0) is 26.5 Å². The van der Waals surface area contributed by atoms with Crippen molar-refractivity contribution in [3.05, 3.63) is 212 Å². The van der Waals surface area contributed by atoms with Crippen LogP contribution in [0.3, 0.4) is 0 Å². The number of fused-ring (bicyclic) bond motifs is 23. The monoisotopic (exact) mass is 1010 g/mol. The van der Waals surface area contributed by atoms with Crippen LogP contribution >= 0.6 is 0 Å². The van der Waals surface area contributed by atoms with E-state index >= 15 is 0 Å². The van der Waals surface area contributed by atoms with Gasteiger partial charge >= 0.3 is 0 Å². The molecule has 4 heterocycles. The molecule has 1 aliphatic rings. The molecule has 3 aromatic heterocycles. The first-order valence-corrected chi connectivity index (χ1v) is 21.0. The number of hydrogen-bond acceptors (Lipinski definition) is 2. The zero-order chi connectivity index (χ0) is 47.5. The maximum absolute atomic E-state index is 9.51. The number of rotatable bonds is 1. The Labute approximate surface area is 393 Å². The minimum absolute atomic E-state index is 0. The molecule has 0 aliphatic carbocycles. The third-order valence-corrected chi connectivity index (χ3v) is 11.9. The Hall–Kier alpha value is -7.33. The summed E-state index contributed by atoms with van der Waals surface area (Å²) in [7, 11) is 0. The summed E-state index contributed by atoms with van der Waals surface area (Å²) in [5, 5.41) is 5.11. The smallest absolute Gasteiger partial charge is 0.136 e. The Morgan fingerprint density at radius 1 is 0.594 bits per heavy atom. The Morgan fingerprint density at radius 2 is 1.31 bits per heavy atom. The van der Waals surface area contributed by atoms with Crippen LogP contribution in [-0.4, -0.2) is 18.5 Å². The Kier molecular flexibility index (Phi) is 8.04. The van der Waals surface area contributed by atoms with Gasteiger partial charge in [-0.3, -0.25) is 0 Å². The Morgan fingerprint density at radius 3 is 2.16 bits per heavy atom. The average Bonchev–Trinajstić information content (AvgIpc) is 3.93. The van der Waals surface area contributed by atoms with Crippen molar-refractivity contribution in [1.82, 2.24) is 18.5 Å². The number of pyridine rings is 1. The van der Waals surface area contributed by atoms with E-state index in [1.165, 1.54) is 0 Å². The number of imidazole rings is 1. The number of nitrogens with zero attached hydrogens (tertiary/aromatic N) is 4. The summed E-state index contributed by atoms with van der Waals surface area (Å²) in [5.41, 5.74) is 7.71. The molecule has 0 unspecified atom stereocenters. The third kappa shape index (κ3) is 6.58. The van der Waals surface area contributed by atoms with Gasteiger partial charge in [0.2, 0.25) is 0 Å². The first-order valence-electron chi connectivity index (χ1n) is 24.0. The van der Waals surface area contributed by atoms with E-state index in [4.69, 9.17) is 12.1 Å². The molecule has 12 rings (SSSR count). The first kappa shape index (κ1) is 33.3. The molecule has 0 amide bonds. The molecular weight excluding hydrogens is 964 g/mol. The average molecular weight is 1010 g/mol. The van der Waals surface area contributed by atoms with Gasteiger partial charge in [0.1, 0.15) is 5.65 Å². The number of hydrogen-bond donors (Lipinski definition) is 0. The minimum atomic E-state index is -0.440. The second-order valence-corrected chi connectivity index (χ2v) is 16.9. The number of para-hydroxylation sites is 4. The SMILES string of the molecule is [2H]c1c([2H])c([2H])c2c(c1[2H])c1c([2H])c([2H])c3[c-]c1n2c1cc(C(C)(C)C)cc(n1)c1cccc(c1)c1ccccc1c1cccc(-c2ccccc2)c1n1[cH-]n(c2[c-]c(ccc2)o3)-c2ccccc2-1.[Pt]. The molecule has 1 aliphatic heterocycles. The van der Waals surface area contributed by atoms with E-state index in [1.807, 2.05) is 48.5 Å². The van der Waals surface area contributed by atoms with Crippen LogP contribution in [0.4, 0.5) is 0 Å². The van der Waals surface area contributed by atoms with Crippen LogP contribution < -0.4 is 0 Å². The van der Waals surface area contributed by atoms with Crippen LogP contribution in [0.5, 0.6) is 0 Å². The van der Waals surface area contributed by atoms with Crippen molar-refractivity contribution in [1.29, 1.82) is 0 Å². The summed E-state index contributed by atoms with van der Waals surface area (Å²) in [4.78, 5) is 5.32. The van der Waals surface area contributed by atoms with E-state index in [2.05, 4.69) is 145 Å². The second-order valence-electron chi connectivity index (χ2n) is 16.9. The summed E-state index contributed by atoms with van der Waals surface area (Å²) in [6.45, 7) is 6.33. The van der Waals surface area contributed by atoms with Gasteiger partial charge in [0.25, 0.3) is 0 Å². The van der Waals surface area contributed by atoms with E-state index in [-0.39, 0.29) is 78.2 Å². The van der Waals surface area contributed by atoms with Gasteiger partial charge in [0.15, 0.2) is 0 Å². The van der Waals surface area contributed by atoms with E-state index in [9.17, 15) is 5.48 Å². The van der Waals surface area contributed by atoms with Crippen molar-refractivity contribution in [3.63, 3.8) is 0 Å². The van der Waals surface area contributed by atoms with Crippen molar-refractivity contribution in [2.75, 3.05) is 0 Å². The van der Waals surface area contributed by atoms with Gasteiger partial charge in [0.05, 0.1) is 11.0 Å². The molecule has 11 aromatic rings. The standard InChI is InChI=1S/C58H41N4O.Pt/c1-58(2,3)41-33-51-40-19-13-18-39(32-40)45-22-7-8-23-47(45)50-26-15-25-46(38-16-5-4-6-17-38)57(50)61-37-60(53-28-11-12-29-54(53)61)42-20-14-21-43(35-42)63-44-30-31-49-48-24-9-10-27-52(48)62(55(49)36-44)56(34-41)59-51;/h4-34,37H,1-3H3;/q-3;/i9D,10D,24D,27D,30D,31D;. The topological polar surface area (TPSA) is 40.3 Å². The van der Waals surface area contributed by atoms with Crippen LogP contribution in [0.1, 0.15) is 34.6 Å². The molecule has 0 fully saturated rings. The normalized spacial score (nSPS) is 13.2. The van der Waals surface area contributed by atoms with Crippen molar-refractivity contribution in [3.8, 4) is 22.5 Å². The van der Waals surface area contributed by atoms with E-state index in [0.717, 1.165) is 60.5 Å². The van der Waals surface area contributed by atoms with Gasteiger partial charge in [0, 0.05) is 50.8 Å². The fourth-order valence-electron chi connectivity index (χ4n) is 8.90. The molecule has 312 valence electrons. The largest absolute Gasteiger partial charge is 0.510 e. The predicted molar refractivity (Wildman–Crippen MR) is 261 cm³/mol. The molecule has 6 heteroatoms. The summed E-state index contributed by atoms with van der Waals surface area (Å²) in [6.07, 6.45) is 2.08. The van der Waals surface area contributed by atoms with Crippen molar-refractivity contribution in [2.45, 2.75) is 26.2 Å². The third-order valence-electron chi connectivity index (χ3n) is 11.9. The van der Waals surface area contributed by atoms with Gasteiger partial charge in [-0.05, 0) is 91.5 Å². The zero-order valence-electron chi connectivity index (χ0n) is 41.0. The predicted octanol–water partition coefficient (Wildman–Crippen LogP) is 15.1. The zero-order valence-corrected chi connectivity index (χ0v) is 37.3. The summed E-state index contributed by atoms with van der Waals surface area (Å²) in [6, 6.07) is 56.1. The molecule has 0 N–H and O–H groups in total. The second kappa shape index (κ2) is 15.5. The van der Waals surface area contributed by atoms with Crippen molar-refractivity contribution < 1.29 is 33.7 Å². The fourth-order valence-corrected chi connectivity index (χ4v) is 8.90. The molecule has 0 spiro atoms. The van der Waals surface area contributed by atoms with Gasteiger partial charge < -0.3 is 18.0 Å². The quantitative estimate of drug-likeness (QED) is 0.154. The molecule has 0 saturated heterocycles. The van der Waals surface area contributed by atoms with E-state index < -0.39 is 17.5 Å².